The van der Waals surface area contributed by atoms with Gasteiger partial charge in [-0.25, -0.2) is 0 Å². The van der Waals surface area contributed by atoms with Crippen LogP contribution in [0.3, 0.4) is 0 Å². The Kier molecular flexibility index (Phi) is 5.52. The summed E-state index contributed by atoms with van der Waals surface area (Å²) >= 11 is 0. The third-order valence-electron chi connectivity index (χ3n) is 4.21. The van der Waals surface area contributed by atoms with Crippen molar-refractivity contribution >= 4 is 0 Å². The van der Waals surface area contributed by atoms with Gasteiger partial charge >= 0.3 is 0 Å². The van der Waals surface area contributed by atoms with Gasteiger partial charge in [0.1, 0.15) is 0 Å². The molecule has 1 heterocycles. The second kappa shape index (κ2) is 6.48. The SMILES string of the molecule is OC(CCC1OCCO1)C1CC2C=CC1C2.[Ac]. The van der Waals surface area contributed by atoms with Gasteiger partial charge < -0.3 is 14.6 Å². The molecule has 4 heteroatoms. The fourth-order valence-electron chi connectivity index (χ4n) is 3.36. The van der Waals surface area contributed by atoms with Crippen LogP contribution in [0, 0.1) is 61.8 Å². The zero-order chi connectivity index (χ0) is 11.0. The number of aliphatic hydroxyl groups is 1. The topological polar surface area (TPSA) is 38.7 Å². The number of hydrogen-bond donors (Lipinski definition) is 1. The Bertz CT molecular complexity index is 276. The molecule has 1 aliphatic heterocycles. The first kappa shape index (κ1) is 14.5. The second-order valence-corrected chi connectivity index (χ2v) is 5.26. The minimum Gasteiger partial charge on any atom is -0.393 e. The van der Waals surface area contributed by atoms with Crippen molar-refractivity contribution in [3.63, 3.8) is 0 Å². The van der Waals surface area contributed by atoms with Gasteiger partial charge in [-0.3, -0.25) is 0 Å². The molecule has 2 fully saturated rings. The molecule has 93 valence electrons. The van der Waals surface area contributed by atoms with E-state index in [0.29, 0.717) is 25.0 Å². The van der Waals surface area contributed by atoms with Crippen LogP contribution in [0.25, 0.3) is 0 Å². The molecule has 0 amide bonds. The first-order valence-corrected chi connectivity index (χ1v) is 6.42. The van der Waals surface area contributed by atoms with Gasteiger partial charge in [0.25, 0.3) is 0 Å². The van der Waals surface area contributed by atoms with E-state index in [2.05, 4.69) is 12.2 Å². The van der Waals surface area contributed by atoms with Crippen LogP contribution in [0.2, 0.25) is 0 Å². The molecule has 3 nitrogen and oxygen atoms in total. The van der Waals surface area contributed by atoms with Crippen LogP contribution in [-0.2, 0) is 9.47 Å². The molecule has 4 atom stereocenters. The van der Waals surface area contributed by atoms with E-state index in [1.165, 1.54) is 12.8 Å². The molecule has 2 aliphatic carbocycles. The molecule has 0 aromatic rings. The normalized spacial score (nSPS) is 37.4. The third kappa shape index (κ3) is 3.34. The molecule has 17 heavy (non-hydrogen) atoms. The van der Waals surface area contributed by atoms with Crippen molar-refractivity contribution in [1.29, 1.82) is 0 Å². The molecule has 0 spiro atoms. The van der Waals surface area contributed by atoms with Crippen molar-refractivity contribution in [1.82, 2.24) is 0 Å². The van der Waals surface area contributed by atoms with Gasteiger partial charge in [0.15, 0.2) is 6.29 Å². The Morgan fingerprint density at radius 1 is 1.18 bits per heavy atom. The molecule has 1 saturated carbocycles. The van der Waals surface area contributed by atoms with E-state index in [1.807, 2.05) is 0 Å². The monoisotopic (exact) mass is 451 g/mol. The van der Waals surface area contributed by atoms with Crippen molar-refractivity contribution in [3.05, 3.63) is 12.2 Å². The quantitative estimate of drug-likeness (QED) is 0.662. The minimum absolute atomic E-state index is 0. The number of rotatable bonds is 4. The molecule has 1 N–H and O–H groups in total. The smallest absolute Gasteiger partial charge is 0.157 e. The Balaban J connectivity index is 0.00000108. The van der Waals surface area contributed by atoms with Gasteiger partial charge in [-0.05, 0) is 37.0 Å². The molecule has 3 aliphatic rings. The molecular weight excluding hydrogens is 431 g/mol. The van der Waals surface area contributed by atoms with E-state index in [-0.39, 0.29) is 56.5 Å². The van der Waals surface area contributed by atoms with Crippen LogP contribution in [0.4, 0.5) is 0 Å². The molecule has 1 radical (unpaired) electrons. The van der Waals surface area contributed by atoms with Gasteiger partial charge in [0, 0.05) is 50.5 Å². The van der Waals surface area contributed by atoms with Crippen molar-refractivity contribution < 1.29 is 58.6 Å². The molecule has 1 saturated heterocycles. The average Bonchev–Trinajstić information content (AvgIpc) is 3.01. The maximum atomic E-state index is 10.2. The van der Waals surface area contributed by atoms with Gasteiger partial charge in [-0.15, -0.1) is 0 Å². The summed E-state index contributed by atoms with van der Waals surface area (Å²) in [6.07, 6.45) is 8.45. The number of allylic oxidation sites excluding steroid dienone is 2. The van der Waals surface area contributed by atoms with E-state index in [9.17, 15) is 5.11 Å². The fourth-order valence-corrected chi connectivity index (χ4v) is 3.36. The van der Waals surface area contributed by atoms with Crippen molar-refractivity contribution in [2.24, 2.45) is 17.8 Å². The van der Waals surface area contributed by atoms with Crippen LogP contribution >= 0.6 is 0 Å². The predicted octanol–water partition coefficient (Wildman–Crippen LogP) is 1.71. The first-order valence-electron chi connectivity index (χ1n) is 6.42. The number of fused-ring (bicyclic) bond motifs is 2. The maximum Gasteiger partial charge on any atom is 0.157 e. The Morgan fingerprint density at radius 2 is 1.94 bits per heavy atom. The molecular formula is C13H20AcO3. The Hall–Kier alpha value is 1.06. The average molecular weight is 451 g/mol. The van der Waals surface area contributed by atoms with E-state index in [4.69, 9.17) is 9.47 Å². The van der Waals surface area contributed by atoms with Gasteiger partial charge in [-0.2, -0.15) is 0 Å². The Morgan fingerprint density at radius 3 is 2.53 bits per heavy atom. The van der Waals surface area contributed by atoms with E-state index in [1.54, 1.807) is 0 Å². The standard InChI is InChI=1S/C13H20O3.Ac/c14-12(3-4-13-15-5-6-16-13)11-8-9-1-2-10(11)7-9;/h1-2,9-14H,3-8H2;. The molecule has 4 unspecified atom stereocenters. The van der Waals surface area contributed by atoms with Crippen LogP contribution in [-0.4, -0.2) is 30.7 Å². The molecule has 0 aromatic carbocycles. The van der Waals surface area contributed by atoms with Crippen molar-refractivity contribution in [2.45, 2.75) is 38.1 Å². The Labute approximate surface area is 138 Å². The number of hydrogen-bond acceptors (Lipinski definition) is 3. The van der Waals surface area contributed by atoms with Gasteiger partial charge in [0.05, 0.1) is 19.3 Å². The fraction of sp³-hybridized carbons (Fsp3) is 0.846. The summed E-state index contributed by atoms with van der Waals surface area (Å²) < 4.78 is 10.8. The van der Waals surface area contributed by atoms with E-state index < -0.39 is 0 Å². The molecule has 3 rings (SSSR count). The summed E-state index contributed by atoms with van der Waals surface area (Å²) in [6.45, 7) is 1.41. The van der Waals surface area contributed by atoms with E-state index in [0.717, 1.165) is 18.8 Å². The predicted molar refractivity (Wildman–Crippen MR) is 59.8 cm³/mol. The summed E-state index contributed by atoms with van der Waals surface area (Å²) in [5, 5.41) is 10.2. The van der Waals surface area contributed by atoms with Crippen LogP contribution in [0.1, 0.15) is 25.7 Å². The van der Waals surface area contributed by atoms with E-state index >= 15 is 0 Å². The summed E-state index contributed by atoms with van der Waals surface area (Å²) in [4.78, 5) is 0. The number of aliphatic hydroxyl groups excluding tert-OH is 1. The molecule has 2 bridgehead atoms. The zero-order valence-electron chi connectivity index (χ0n) is 10.1. The van der Waals surface area contributed by atoms with Gasteiger partial charge in [-0.1, -0.05) is 12.2 Å². The largest absolute Gasteiger partial charge is 0.393 e. The van der Waals surface area contributed by atoms with Crippen molar-refractivity contribution in [2.75, 3.05) is 13.2 Å². The summed E-state index contributed by atoms with van der Waals surface area (Å²) in [5.74, 6) is 1.85. The van der Waals surface area contributed by atoms with Crippen LogP contribution < -0.4 is 0 Å². The summed E-state index contributed by atoms with van der Waals surface area (Å²) in [6, 6.07) is 0. The third-order valence-corrected chi connectivity index (χ3v) is 4.21. The van der Waals surface area contributed by atoms with Crippen LogP contribution in [0.15, 0.2) is 12.2 Å². The zero-order valence-corrected chi connectivity index (χ0v) is 14.9. The van der Waals surface area contributed by atoms with Crippen LogP contribution in [0.5, 0.6) is 0 Å². The number of ether oxygens (including phenoxy) is 2. The summed E-state index contributed by atoms with van der Waals surface area (Å²) in [5.41, 5.74) is 0. The first-order chi connectivity index (χ1) is 7.83. The van der Waals surface area contributed by atoms with Gasteiger partial charge in [0.2, 0.25) is 0 Å². The van der Waals surface area contributed by atoms with Crippen molar-refractivity contribution in [3.8, 4) is 0 Å². The molecule has 0 aromatic heterocycles. The maximum absolute atomic E-state index is 10.2. The summed E-state index contributed by atoms with van der Waals surface area (Å²) in [7, 11) is 0. The minimum atomic E-state index is -0.173. The second-order valence-electron chi connectivity index (χ2n) is 5.26.